The lowest BCUT2D eigenvalue weighted by molar-refractivity contribution is 0.360. The molecule has 2 nitrogen and oxygen atoms in total. The third-order valence-electron chi connectivity index (χ3n) is 4.07. The Morgan fingerprint density at radius 3 is 3.00 bits per heavy atom. The van der Waals surface area contributed by atoms with Gasteiger partial charge in [0.2, 0.25) is 0 Å². The van der Waals surface area contributed by atoms with E-state index >= 15 is 0 Å². The summed E-state index contributed by atoms with van der Waals surface area (Å²) in [4.78, 5) is 0. The minimum atomic E-state index is 0.205. The maximum Gasteiger partial charge on any atom is 0.152 e. The first-order valence-corrected chi connectivity index (χ1v) is 8.56. The van der Waals surface area contributed by atoms with Crippen LogP contribution in [0.25, 0.3) is 11.0 Å². The van der Waals surface area contributed by atoms with E-state index in [0.29, 0.717) is 5.02 Å². The van der Waals surface area contributed by atoms with Gasteiger partial charge in [-0.15, -0.1) is 0 Å². The number of nitrogens with one attached hydrogen (secondary N) is 1. The van der Waals surface area contributed by atoms with Crippen molar-refractivity contribution in [1.82, 2.24) is 5.32 Å². The molecule has 108 valence electrons. The first kappa shape index (κ1) is 14.3. The summed E-state index contributed by atoms with van der Waals surface area (Å²) in [7, 11) is 0. The number of para-hydroxylation sites is 1. The quantitative estimate of drug-likeness (QED) is 0.858. The van der Waals surface area contributed by atoms with Crippen LogP contribution in [0.3, 0.4) is 0 Å². The zero-order valence-electron chi connectivity index (χ0n) is 11.9. The number of hydrogen-bond donors (Lipinski definition) is 1. The van der Waals surface area contributed by atoms with Gasteiger partial charge in [-0.3, -0.25) is 0 Å². The van der Waals surface area contributed by atoms with Gasteiger partial charge in [0.15, 0.2) is 5.58 Å². The van der Waals surface area contributed by atoms with E-state index in [4.69, 9.17) is 16.0 Å². The van der Waals surface area contributed by atoms with Crippen molar-refractivity contribution in [3.05, 3.63) is 35.0 Å². The highest BCUT2D eigenvalue weighted by molar-refractivity contribution is 8.00. The van der Waals surface area contributed by atoms with Gasteiger partial charge in [-0.1, -0.05) is 30.7 Å². The fourth-order valence-corrected chi connectivity index (χ4v) is 4.67. The van der Waals surface area contributed by atoms with E-state index in [2.05, 4.69) is 31.3 Å². The molecule has 1 aliphatic heterocycles. The van der Waals surface area contributed by atoms with Gasteiger partial charge in [-0.05, 0) is 44.2 Å². The van der Waals surface area contributed by atoms with Crippen LogP contribution in [0, 0.1) is 0 Å². The average Bonchev–Trinajstić information content (AvgIpc) is 3.04. The molecule has 2 unspecified atom stereocenters. The number of fused-ring (bicyclic) bond motifs is 1. The zero-order valence-corrected chi connectivity index (χ0v) is 13.5. The fourth-order valence-electron chi connectivity index (χ4n) is 3.04. The van der Waals surface area contributed by atoms with Gasteiger partial charge in [-0.2, -0.15) is 11.8 Å². The van der Waals surface area contributed by atoms with Crippen LogP contribution in [0.15, 0.2) is 28.7 Å². The number of benzene rings is 1. The average molecular weight is 310 g/mol. The smallest absolute Gasteiger partial charge is 0.152 e. The van der Waals surface area contributed by atoms with Gasteiger partial charge < -0.3 is 9.73 Å². The molecule has 0 aliphatic carbocycles. The predicted molar refractivity (Wildman–Crippen MR) is 87.7 cm³/mol. The Bertz CT molecular complexity index is 604. The van der Waals surface area contributed by atoms with Gasteiger partial charge in [0.05, 0.1) is 11.1 Å². The van der Waals surface area contributed by atoms with E-state index in [1.165, 1.54) is 18.6 Å². The van der Waals surface area contributed by atoms with E-state index in [0.717, 1.165) is 23.3 Å². The van der Waals surface area contributed by atoms with Crippen LogP contribution in [-0.2, 0) is 0 Å². The fraction of sp³-hybridized carbons (Fsp3) is 0.500. The first-order valence-electron chi connectivity index (χ1n) is 7.19. The monoisotopic (exact) mass is 309 g/mol. The summed E-state index contributed by atoms with van der Waals surface area (Å²) in [5, 5.41) is 5.38. The summed E-state index contributed by atoms with van der Waals surface area (Å²) in [6.45, 7) is 5.42. The summed E-state index contributed by atoms with van der Waals surface area (Å²) < 4.78 is 6.29. The second-order valence-electron chi connectivity index (χ2n) is 5.56. The van der Waals surface area contributed by atoms with Crippen molar-refractivity contribution in [2.45, 2.75) is 37.5 Å². The van der Waals surface area contributed by atoms with Crippen molar-refractivity contribution in [2.24, 2.45) is 0 Å². The molecule has 0 bridgehead atoms. The van der Waals surface area contributed by atoms with Gasteiger partial charge in [0.25, 0.3) is 0 Å². The number of thioether (sulfide) groups is 1. The highest BCUT2D eigenvalue weighted by Gasteiger charge is 2.40. The summed E-state index contributed by atoms with van der Waals surface area (Å²) in [6, 6.07) is 8.28. The molecule has 2 atom stereocenters. The third-order valence-corrected chi connectivity index (χ3v) is 5.96. The molecule has 3 rings (SSSR count). The molecule has 0 radical (unpaired) electrons. The third kappa shape index (κ3) is 2.47. The Morgan fingerprint density at radius 2 is 2.35 bits per heavy atom. The van der Waals surface area contributed by atoms with Crippen LogP contribution in [-0.4, -0.2) is 17.0 Å². The minimum Gasteiger partial charge on any atom is -0.458 e. The number of rotatable bonds is 4. The van der Waals surface area contributed by atoms with Crippen molar-refractivity contribution in [3.8, 4) is 0 Å². The van der Waals surface area contributed by atoms with Crippen LogP contribution >= 0.6 is 23.4 Å². The molecule has 20 heavy (non-hydrogen) atoms. The van der Waals surface area contributed by atoms with Crippen LogP contribution in [0.4, 0.5) is 0 Å². The Hall–Kier alpha value is -0.640. The van der Waals surface area contributed by atoms with Gasteiger partial charge in [-0.25, -0.2) is 0 Å². The van der Waals surface area contributed by atoms with E-state index in [-0.39, 0.29) is 10.8 Å². The summed E-state index contributed by atoms with van der Waals surface area (Å²) in [5.41, 5.74) is 0.804. The summed E-state index contributed by atoms with van der Waals surface area (Å²) in [6.07, 6.45) is 2.50. The van der Waals surface area contributed by atoms with Crippen LogP contribution in [0.2, 0.25) is 5.02 Å². The Labute approximate surface area is 129 Å². The van der Waals surface area contributed by atoms with Crippen molar-refractivity contribution in [3.63, 3.8) is 0 Å². The second kappa shape index (κ2) is 5.63. The molecule has 4 heteroatoms. The lowest BCUT2D eigenvalue weighted by atomic mass is 9.94. The van der Waals surface area contributed by atoms with Gasteiger partial charge >= 0.3 is 0 Å². The predicted octanol–water partition coefficient (Wildman–Crippen LogP) is 5.02. The van der Waals surface area contributed by atoms with Crippen molar-refractivity contribution in [1.29, 1.82) is 0 Å². The first-order chi connectivity index (χ1) is 9.64. The van der Waals surface area contributed by atoms with E-state index in [1.54, 1.807) is 0 Å². The Balaban J connectivity index is 2.03. The van der Waals surface area contributed by atoms with Crippen LogP contribution < -0.4 is 5.32 Å². The largest absolute Gasteiger partial charge is 0.458 e. The molecular weight excluding hydrogens is 290 g/mol. The molecule has 1 aromatic heterocycles. The highest BCUT2D eigenvalue weighted by atomic mass is 35.5. The number of halogens is 1. The number of furan rings is 1. The maximum absolute atomic E-state index is 6.23. The van der Waals surface area contributed by atoms with E-state index < -0.39 is 0 Å². The molecular formula is C16H20ClNOS. The summed E-state index contributed by atoms with van der Waals surface area (Å²) in [5.74, 6) is 2.24. The molecule has 0 amide bonds. The Morgan fingerprint density at radius 1 is 1.50 bits per heavy atom. The van der Waals surface area contributed by atoms with E-state index in [1.807, 2.05) is 23.9 Å². The van der Waals surface area contributed by atoms with Crippen LogP contribution in [0.1, 0.15) is 38.5 Å². The molecule has 1 saturated heterocycles. The normalized spacial score (nSPS) is 24.4. The number of hydrogen-bond acceptors (Lipinski definition) is 3. The lowest BCUT2D eigenvalue weighted by Crippen LogP contribution is -2.37. The van der Waals surface area contributed by atoms with Crippen molar-refractivity contribution >= 4 is 34.3 Å². The highest BCUT2D eigenvalue weighted by Crippen LogP contribution is 2.47. The maximum atomic E-state index is 6.23. The topological polar surface area (TPSA) is 25.2 Å². The molecule has 1 fully saturated rings. The molecule has 2 heterocycles. The second-order valence-corrected chi connectivity index (χ2v) is 7.60. The van der Waals surface area contributed by atoms with E-state index in [9.17, 15) is 0 Å². The molecule has 0 spiro atoms. The molecule has 1 aliphatic rings. The van der Waals surface area contributed by atoms with Gasteiger partial charge in [0.1, 0.15) is 5.76 Å². The zero-order chi connectivity index (χ0) is 14.2. The molecule has 1 aromatic carbocycles. The summed E-state index contributed by atoms with van der Waals surface area (Å²) >= 11 is 8.27. The molecule has 0 saturated carbocycles. The standard InChI is InChI=1S/C16H20ClNOS/c1-3-18-15(16(2)8-5-9-20-16)13-10-11-6-4-7-12(17)14(11)19-13/h4,6-7,10,15,18H,3,5,8-9H2,1-2H3. The van der Waals surface area contributed by atoms with Crippen molar-refractivity contribution in [2.75, 3.05) is 12.3 Å². The van der Waals surface area contributed by atoms with Crippen LogP contribution in [0.5, 0.6) is 0 Å². The molecule has 2 aromatic rings. The minimum absolute atomic E-state index is 0.205. The van der Waals surface area contributed by atoms with Crippen molar-refractivity contribution < 1.29 is 4.42 Å². The SMILES string of the molecule is CCNC(c1cc2cccc(Cl)c2o1)C1(C)CCCS1. The molecule has 1 N–H and O–H groups in total. The lowest BCUT2D eigenvalue weighted by Gasteiger charge is -2.32. The van der Waals surface area contributed by atoms with Gasteiger partial charge in [0, 0.05) is 10.1 Å². The Kier molecular flexibility index (Phi) is 4.02.